The predicted molar refractivity (Wildman–Crippen MR) is 127 cm³/mol. The Balaban J connectivity index is 1.74. The van der Waals surface area contributed by atoms with Gasteiger partial charge >= 0.3 is 11.9 Å². The maximum Gasteiger partial charge on any atom is 0.341 e. The van der Waals surface area contributed by atoms with Crippen LogP contribution >= 0.6 is 22.9 Å². The third-order valence-electron chi connectivity index (χ3n) is 4.60. The highest BCUT2D eigenvalue weighted by molar-refractivity contribution is 7.15. The van der Waals surface area contributed by atoms with Gasteiger partial charge in [-0.25, -0.2) is 9.59 Å². The van der Waals surface area contributed by atoms with Gasteiger partial charge in [0, 0.05) is 23.1 Å². The molecule has 0 bridgehead atoms. The number of nitrogens with one attached hydrogen (secondary N) is 1. The van der Waals surface area contributed by atoms with Crippen molar-refractivity contribution in [3.8, 4) is 11.1 Å². The van der Waals surface area contributed by atoms with Gasteiger partial charge in [-0.3, -0.25) is 14.9 Å². The van der Waals surface area contributed by atoms with Crippen molar-refractivity contribution in [2.75, 3.05) is 18.5 Å². The van der Waals surface area contributed by atoms with Crippen LogP contribution in [0.15, 0.2) is 47.8 Å². The van der Waals surface area contributed by atoms with Crippen molar-refractivity contribution >= 4 is 51.5 Å². The summed E-state index contributed by atoms with van der Waals surface area (Å²) in [4.78, 5) is 47.5. The molecule has 0 aliphatic rings. The van der Waals surface area contributed by atoms with Gasteiger partial charge in [-0.2, -0.15) is 0 Å². The van der Waals surface area contributed by atoms with E-state index in [0.29, 0.717) is 5.56 Å². The maximum absolute atomic E-state index is 12.6. The van der Waals surface area contributed by atoms with E-state index in [9.17, 15) is 24.5 Å². The molecule has 11 heteroatoms. The van der Waals surface area contributed by atoms with Crippen LogP contribution in [-0.2, 0) is 14.3 Å². The second-order valence-electron chi connectivity index (χ2n) is 6.99. The SMILES string of the molecule is CCOC(=O)c1c(-c2ccc(C)cc2)csc1NC(=O)COC(=O)c1ccc([N+](=O)[O-])cc1Cl. The summed E-state index contributed by atoms with van der Waals surface area (Å²) in [5.74, 6) is -2.20. The molecule has 1 heterocycles. The Morgan fingerprint density at radius 3 is 2.41 bits per heavy atom. The summed E-state index contributed by atoms with van der Waals surface area (Å²) in [6, 6.07) is 10.8. The number of benzene rings is 2. The lowest BCUT2D eigenvalue weighted by Crippen LogP contribution is -2.22. The molecule has 0 fully saturated rings. The Morgan fingerprint density at radius 1 is 1.09 bits per heavy atom. The minimum atomic E-state index is -0.924. The Bertz CT molecular complexity index is 1250. The molecule has 1 N–H and O–H groups in total. The van der Waals surface area contributed by atoms with Gasteiger partial charge in [0.05, 0.1) is 22.1 Å². The average molecular weight is 503 g/mol. The number of hydrogen-bond acceptors (Lipinski definition) is 8. The third-order valence-corrected chi connectivity index (χ3v) is 5.81. The quantitative estimate of drug-likeness (QED) is 0.253. The number of anilines is 1. The van der Waals surface area contributed by atoms with Crippen LogP contribution in [0, 0.1) is 17.0 Å². The Morgan fingerprint density at radius 2 is 1.79 bits per heavy atom. The fourth-order valence-corrected chi connectivity index (χ4v) is 4.18. The fourth-order valence-electron chi connectivity index (χ4n) is 2.96. The van der Waals surface area contributed by atoms with Crippen LogP contribution in [0.1, 0.15) is 33.2 Å². The molecule has 1 aromatic heterocycles. The normalized spacial score (nSPS) is 10.4. The second kappa shape index (κ2) is 10.9. The maximum atomic E-state index is 12.6. The Labute approximate surface area is 203 Å². The lowest BCUT2D eigenvalue weighted by Gasteiger charge is -2.10. The monoisotopic (exact) mass is 502 g/mol. The molecule has 0 spiro atoms. The van der Waals surface area contributed by atoms with Crippen LogP contribution in [0.5, 0.6) is 0 Å². The average Bonchev–Trinajstić information content (AvgIpc) is 3.21. The second-order valence-corrected chi connectivity index (χ2v) is 8.27. The Kier molecular flexibility index (Phi) is 7.98. The van der Waals surface area contributed by atoms with Gasteiger partial charge in [0.25, 0.3) is 11.6 Å². The van der Waals surface area contributed by atoms with Crippen molar-refractivity contribution in [3.63, 3.8) is 0 Å². The fraction of sp³-hybridized carbons (Fsp3) is 0.174. The van der Waals surface area contributed by atoms with Crippen molar-refractivity contribution in [2.45, 2.75) is 13.8 Å². The number of carbonyl (C=O) groups is 3. The first-order valence-electron chi connectivity index (χ1n) is 9.97. The summed E-state index contributed by atoms with van der Waals surface area (Å²) in [5, 5.41) is 15.2. The summed E-state index contributed by atoms with van der Waals surface area (Å²) < 4.78 is 10.1. The van der Waals surface area contributed by atoms with Crippen molar-refractivity contribution in [2.24, 2.45) is 0 Å². The molecule has 0 saturated heterocycles. The standard InChI is InChI=1S/C23H19ClN2O7S/c1-3-32-23(29)20-17(14-6-4-13(2)5-7-14)12-34-21(20)25-19(27)11-33-22(28)16-9-8-15(26(30)31)10-18(16)24/h4-10,12H,3,11H2,1-2H3,(H,25,27). The summed E-state index contributed by atoms with van der Waals surface area (Å²) in [6.07, 6.45) is 0. The van der Waals surface area contributed by atoms with Crippen LogP contribution < -0.4 is 5.32 Å². The van der Waals surface area contributed by atoms with E-state index in [1.807, 2.05) is 31.2 Å². The third kappa shape index (κ3) is 5.77. The zero-order chi connectivity index (χ0) is 24.8. The van der Waals surface area contributed by atoms with Crippen molar-refractivity contribution in [3.05, 3.63) is 79.7 Å². The van der Waals surface area contributed by atoms with Gasteiger partial charge in [-0.05, 0) is 25.5 Å². The summed E-state index contributed by atoms with van der Waals surface area (Å²) in [5.41, 5.74) is 2.24. The first-order chi connectivity index (χ1) is 16.2. The number of nitrogens with zero attached hydrogens (tertiary/aromatic N) is 1. The molecule has 176 valence electrons. The molecule has 34 heavy (non-hydrogen) atoms. The number of nitro groups is 1. The summed E-state index contributed by atoms with van der Waals surface area (Å²) in [7, 11) is 0. The van der Waals surface area contributed by atoms with E-state index in [1.165, 1.54) is 0 Å². The Hall–Kier alpha value is -3.76. The summed E-state index contributed by atoms with van der Waals surface area (Å²) >= 11 is 7.05. The number of nitro benzene ring substituents is 1. The molecule has 0 radical (unpaired) electrons. The van der Waals surface area contributed by atoms with Gasteiger partial charge in [-0.1, -0.05) is 41.4 Å². The van der Waals surface area contributed by atoms with Crippen LogP contribution in [-0.4, -0.2) is 36.0 Å². The predicted octanol–water partition coefficient (Wildman–Crippen LogP) is 5.26. The van der Waals surface area contributed by atoms with Gasteiger partial charge < -0.3 is 14.8 Å². The number of amides is 1. The molecular weight excluding hydrogens is 484 g/mol. The molecule has 1 amide bonds. The lowest BCUT2D eigenvalue weighted by molar-refractivity contribution is -0.384. The molecule has 2 aromatic carbocycles. The van der Waals surface area contributed by atoms with Gasteiger partial charge in [0.2, 0.25) is 0 Å². The molecule has 9 nitrogen and oxygen atoms in total. The largest absolute Gasteiger partial charge is 0.462 e. The van der Waals surface area contributed by atoms with Crippen LogP contribution in [0.4, 0.5) is 10.7 Å². The number of non-ortho nitro benzene ring substituents is 1. The van der Waals surface area contributed by atoms with E-state index >= 15 is 0 Å². The molecule has 0 unspecified atom stereocenters. The number of aryl methyl sites for hydroxylation is 1. The topological polar surface area (TPSA) is 125 Å². The smallest absolute Gasteiger partial charge is 0.341 e. The molecule has 0 saturated carbocycles. The van der Waals surface area contributed by atoms with E-state index in [1.54, 1.807) is 12.3 Å². The number of ether oxygens (including phenoxy) is 2. The number of esters is 2. The highest BCUT2D eigenvalue weighted by atomic mass is 35.5. The number of halogens is 1. The zero-order valence-corrected chi connectivity index (χ0v) is 19.7. The lowest BCUT2D eigenvalue weighted by atomic mass is 10.0. The number of rotatable bonds is 8. The van der Waals surface area contributed by atoms with E-state index in [0.717, 1.165) is 40.7 Å². The van der Waals surface area contributed by atoms with Crippen LogP contribution in [0.2, 0.25) is 5.02 Å². The first-order valence-corrected chi connectivity index (χ1v) is 11.2. The van der Waals surface area contributed by atoms with Gasteiger partial charge in [0.15, 0.2) is 6.61 Å². The summed E-state index contributed by atoms with van der Waals surface area (Å²) in [6.45, 7) is 3.12. The number of hydrogen-bond donors (Lipinski definition) is 1. The molecule has 3 aromatic rings. The van der Waals surface area contributed by atoms with Crippen molar-refractivity contribution < 1.29 is 28.8 Å². The molecule has 0 aliphatic heterocycles. The van der Waals surface area contributed by atoms with Gasteiger partial charge in [0.1, 0.15) is 10.6 Å². The number of thiophene rings is 1. The molecule has 0 aliphatic carbocycles. The van der Waals surface area contributed by atoms with Crippen molar-refractivity contribution in [1.82, 2.24) is 0 Å². The first kappa shape index (κ1) is 24.9. The minimum absolute atomic E-state index is 0.120. The molecular formula is C23H19ClN2O7S. The van der Waals surface area contributed by atoms with Crippen LogP contribution in [0.3, 0.4) is 0 Å². The van der Waals surface area contributed by atoms with E-state index in [-0.39, 0.29) is 33.4 Å². The van der Waals surface area contributed by atoms with E-state index in [2.05, 4.69) is 5.32 Å². The van der Waals surface area contributed by atoms with E-state index < -0.39 is 29.4 Å². The molecule has 0 atom stereocenters. The van der Waals surface area contributed by atoms with Gasteiger partial charge in [-0.15, -0.1) is 11.3 Å². The number of carbonyl (C=O) groups excluding carboxylic acids is 3. The minimum Gasteiger partial charge on any atom is -0.462 e. The zero-order valence-electron chi connectivity index (χ0n) is 18.1. The van der Waals surface area contributed by atoms with Crippen LogP contribution in [0.25, 0.3) is 11.1 Å². The highest BCUT2D eigenvalue weighted by Gasteiger charge is 2.23. The van der Waals surface area contributed by atoms with Crippen molar-refractivity contribution in [1.29, 1.82) is 0 Å². The van der Waals surface area contributed by atoms with E-state index in [4.69, 9.17) is 21.1 Å². The highest BCUT2D eigenvalue weighted by Crippen LogP contribution is 2.36. The molecule has 3 rings (SSSR count).